The van der Waals surface area contributed by atoms with Gasteiger partial charge in [-0.1, -0.05) is 43.6 Å². The number of hydrogen-bond donors (Lipinski definition) is 1. The van der Waals surface area contributed by atoms with Crippen LogP contribution in [0, 0.1) is 5.41 Å². The molecule has 1 aromatic carbocycles. The van der Waals surface area contributed by atoms with Gasteiger partial charge in [0.25, 0.3) is 0 Å². The number of nitrogens with zero attached hydrogens (tertiary/aromatic N) is 1. The summed E-state index contributed by atoms with van der Waals surface area (Å²) < 4.78 is 0. The van der Waals surface area contributed by atoms with Gasteiger partial charge in [-0.15, -0.1) is 0 Å². The SMILES string of the molecule is CN(CCC(C)(C)CN)Cc1ccccc1Cl. The Morgan fingerprint density at radius 1 is 1.29 bits per heavy atom. The van der Waals surface area contributed by atoms with Crippen LogP contribution in [0.15, 0.2) is 24.3 Å². The summed E-state index contributed by atoms with van der Waals surface area (Å²) in [6, 6.07) is 8.00. The highest BCUT2D eigenvalue weighted by Gasteiger charge is 2.16. The van der Waals surface area contributed by atoms with Crippen LogP contribution in [-0.4, -0.2) is 25.0 Å². The van der Waals surface area contributed by atoms with Crippen LogP contribution in [0.3, 0.4) is 0 Å². The molecular weight excluding hydrogens is 232 g/mol. The average molecular weight is 255 g/mol. The molecule has 0 aliphatic heterocycles. The molecule has 2 N–H and O–H groups in total. The van der Waals surface area contributed by atoms with Gasteiger partial charge in [-0.05, 0) is 43.6 Å². The van der Waals surface area contributed by atoms with Crippen LogP contribution in [0.1, 0.15) is 25.8 Å². The first-order valence-corrected chi connectivity index (χ1v) is 6.44. The molecule has 1 rings (SSSR count). The molecule has 0 bridgehead atoms. The van der Waals surface area contributed by atoms with Gasteiger partial charge in [0, 0.05) is 11.6 Å². The third-order valence-electron chi connectivity index (χ3n) is 3.12. The summed E-state index contributed by atoms with van der Waals surface area (Å²) in [4.78, 5) is 2.29. The van der Waals surface area contributed by atoms with E-state index in [1.54, 1.807) is 0 Å². The molecule has 0 saturated carbocycles. The van der Waals surface area contributed by atoms with Crippen LogP contribution in [0.5, 0.6) is 0 Å². The van der Waals surface area contributed by atoms with Gasteiger partial charge in [-0.3, -0.25) is 0 Å². The maximum absolute atomic E-state index is 6.14. The molecule has 96 valence electrons. The Kier molecular flexibility index (Phi) is 5.44. The van der Waals surface area contributed by atoms with E-state index in [2.05, 4.69) is 31.9 Å². The lowest BCUT2D eigenvalue weighted by molar-refractivity contribution is 0.249. The van der Waals surface area contributed by atoms with Gasteiger partial charge in [0.05, 0.1) is 0 Å². The molecule has 0 radical (unpaired) electrons. The third kappa shape index (κ3) is 5.07. The Balaban J connectivity index is 2.45. The lowest BCUT2D eigenvalue weighted by atomic mass is 9.89. The van der Waals surface area contributed by atoms with Crippen LogP contribution >= 0.6 is 11.6 Å². The summed E-state index contributed by atoms with van der Waals surface area (Å²) in [5, 5.41) is 0.845. The Labute approximate surface area is 110 Å². The lowest BCUT2D eigenvalue weighted by Gasteiger charge is -2.26. The highest BCUT2D eigenvalue weighted by Crippen LogP contribution is 2.20. The van der Waals surface area contributed by atoms with E-state index in [1.807, 2.05) is 18.2 Å². The Morgan fingerprint density at radius 2 is 1.94 bits per heavy atom. The summed E-state index contributed by atoms with van der Waals surface area (Å²) in [7, 11) is 2.12. The number of nitrogens with two attached hydrogens (primary N) is 1. The van der Waals surface area contributed by atoms with E-state index in [0.29, 0.717) is 0 Å². The molecular formula is C14H23ClN2. The fraction of sp³-hybridized carbons (Fsp3) is 0.571. The van der Waals surface area contributed by atoms with Crippen LogP contribution in [0.25, 0.3) is 0 Å². The Hall–Kier alpha value is -0.570. The molecule has 0 saturated heterocycles. The van der Waals surface area contributed by atoms with Crippen molar-refractivity contribution in [2.75, 3.05) is 20.1 Å². The molecule has 0 unspecified atom stereocenters. The first-order chi connectivity index (χ1) is 7.94. The zero-order valence-corrected chi connectivity index (χ0v) is 11.8. The van der Waals surface area contributed by atoms with Gasteiger partial charge in [-0.25, -0.2) is 0 Å². The van der Waals surface area contributed by atoms with Gasteiger partial charge in [0.15, 0.2) is 0 Å². The third-order valence-corrected chi connectivity index (χ3v) is 3.49. The van der Waals surface area contributed by atoms with E-state index in [0.717, 1.165) is 31.1 Å². The summed E-state index contributed by atoms with van der Waals surface area (Å²) in [6.45, 7) is 7.06. The van der Waals surface area contributed by atoms with Crippen molar-refractivity contribution in [1.82, 2.24) is 4.90 Å². The summed E-state index contributed by atoms with van der Waals surface area (Å²) in [6.07, 6.45) is 1.10. The van der Waals surface area contributed by atoms with Crippen molar-refractivity contribution < 1.29 is 0 Å². The molecule has 0 spiro atoms. The second-order valence-electron chi connectivity index (χ2n) is 5.45. The predicted molar refractivity (Wildman–Crippen MR) is 75.2 cm³/mol. The van der Waals surface area contributed by atoms with E-state index in [4.69, 9.17) is 17.3 Å². The molecule has 17 heavy (non-hydrogen) atoms. The fourth-order valence-corrected chi connectivity index (χ4v) is 1.79. The minimum Gasteiger partial charge on any atom is -0.330 e. The smallest absolute Gasteiger partial charge is 0.0451 e. The molecule has 0 fully saturated rings. The van der Waals surface area contributed by atoms with Gasteiger partial charge < -0.3 is 10.6 Å². The van der Waals surface area contributed by atoms with Crippen molar-refractivity contribution in [3.8, 4) is 0 Å². The number of rotatable bonds is 6. The molecule has 3 heteroatoms. The van der Waals surface area contributed by atoms with Crippen molar-refractivity contribution in [2.24, 2.45) is 11.1 Å². The summed E-state index contributed by atoms with van der Waals surface area (Å²) >= 11 is 6.14. The molecule has 0 aromatic heterocycles. The average Bonchev–Trinajstić information content (AvgIpc) is 2.30. The normalized spacial score (nSPS) is 12.1. The molecule has 0 atom stereocenters. The second kappa shape index (κ2) is 6.39. The molecule has 0 heterocycles. The number of benzene rings is 1. The van der Waals surface area contributed by atoms with E-state index in [1.165, 1.54) is 5.56 Å². The minimum absolute atomic E-state index is 0.217. The molecule has 1 aromatic rings. The lowest BCUT2D eigenvalue weighted by Crippen LogP contribution is -2.29. The fourth-order valence-electron chi connectivity index (χ4n) is 1.59. The largest absolute Gasteiger partial charge is 0.330 e. The predicted octanol–water partition coefficient (Wildman–Crippen LogP) is 3.15. The summed E-state index contributed by atoms with van der Waals surface area (Å²) in [5.41, 5.74) is 7.13. The maximum Gasteiger partial charge on any atom is 0.0451 e. The molecule has 2 nitrogen and oxygen atoms in total. The van der Waals surface area contributed by atoms with Crippen molar-refractivity contribution in [3.63, 3.8) is 0 Å². The topological polar surface area (TPSA) is 29.3 Å². The second-order valence-corrected chi connectivity index (χ2v) is 5.85. The van der Waals surface area contributed by atoms with E-state index >= 15 is 0 Å². The summed E-state index contributed by atoms with van der Waals surface area (Å²) in [5.74, 6) is 0. The number of halogens is 1. The van der Waals surface area contributed by atoms with Crippen LogP contribution < -0.4 is 5.73 Å². The Bertz CT molecular complexity index is 350. The quantitative estimate of drug-likeness (QED) is 0.845. The molecule has 0 amide bonds. The van der Waals surface area contributed by atoms with Crippen molar-refractivity contribution in [3.05, 3.63) is 34.9 Å². The van der Waals surface area contributed by atoms with E-state index in [9.17, 15) is 0 Å². The zero-order chi connectivity index (χ0) is 12.9. The zero-order valence-electron chi connectivity index (χ0n) is 11.0. The van der Waals surface area contributed by atoms with Crippen molar-refractivity contribution >= 4 is 11.6 Å². The van der Waals surface area contributed by atoms with Gasteiger partial charge in [0.2, 0.25) is 0 Å². The van der Waals surface area contributed by atoms with Crippen LogP contribution in [-0.2, 0) is 6.54 Å². The van der Waals surface area contributed by atoms with E-state index < -0.39 is 0 Å². The number of hydrogen-bond acceptors (Lipinski definition) is 2. The van der Waals surface area contributed by atoms with Gasteiger partial charge in [0.1, 0.15) is 0 Å². The van der Waals surface area contributed by atoms with Crippen molar-refractivity contribution in [2.45, 2.75) is 26.8 Å². The highest BCUT2D eigenvalue weighted by molar-refractivity contribution is 6.31. The standard InChI is InChI=1S/C14H23ClN2/c1-14(2,11-16)8-9-17(3)10-12-6-4-5-7-13(12)15/h4-7H,8-11,16H2,1-3H3. The first kappa shape index (κ1) is 14.5. The Morgan fingerprint density at radius 3 is 2.53 bits per heavy atom. The van der Waals surface area contributed by atoms with E-state index in [-0.39, 0.29) is 5.41 Å². The minimum atomic E-state index is 0.217. The van der Waals surface area contributed by atoms with Crippen molar-refractivity contribution in [1.29, 1.82) is 0 Å². The van der Waals surface area contributed by atoms with Gasteiger partial charge in [-0.2, -0.15) is 0 Å². The van der Waals surface area contributed by atoms with Gasteiger partial charge >= 0.3 is 0 Å². The van der Waals surface area contributed by atoms with Crippen LogP contribution in [0.4, 0.5) is 0 Å². The molecule has 0 aliphatic rings. The van der Waals surface area contributed by atoms with Crippen LogP contribution in [0.2, 0.25) is 5.02 Å². The highest BCUT2D eigenvalue weighted by atomic mass is 35.5. The first-order valence-electron chi connectivity index (χ1n) is 6.06. The monoisotopic (exact) mass is 254 g/mol. The maximum atomic E-state index is 6.14. The molecule has 0 aliphatic carbocycles.